The average molecular weight is 340 g/mol. The van der Waals surface area contributed by atoms with Crippen molar-refractivity contribution in [3.63, 3.8) is 0 Å². The lowest BCUT2D eigenvalue weighted by Gasteiger charge is -2.27. The van der Waals surface area contributed by atoms with Gasteiger partial charge in [0.15, 0.2) is 0 Å². The van der Waals surface area contributed by atoms with E-state index in [4.69, 9.17) is 4.65 Å². The molecule has 0 aromatic heterocycles. The fourth-order valence-electron chi connectivity index (χ4n) is 3.33. The van der Waals surface area contributed by atoms with Gasteiger partial charge in [-0.1, -0.05) is 36.8 Å². The minimum absolute atomic E-state index is 0.0977. The van der Waals surface area contributed by atoms with Crippen molar-refractivity contribution in [3.05, 3.63) is 58.2 Å². The van der Waals surface area contributed by atoms with Gasteiger partial charge < -0.3 is 14.8 Å². The molecule has 0 saturated carbocycles. The maximum absolute atomic E-state index is 9.93. The van der Waals surface area contributed by atoms with Gasteiger partial charge in [0.05, 0.1) is 6.10 Å². The first-order valence-electron chi connectivity index (χ1n) is 9.01. The minimum atomic E-state index is -0.718. The standard InChI is InChI=1S/C21H29BO3/c1-6-17(13-18-11-15(4)21(23)16(5)12-18)7-8-20-19(14(2)3)9-10-22(24)25-20/h9,11-13,20,23-24H,2,6-8,10H2,1,3-5H3/b17-13+. The summed E-state index contributed by atoms with van der Waals surface area (Å²) in [5, 5.41) is 19.7. The lowest BCUT2D eigenvalue weighted by atomic mass is 9.78. The molecule has 0 fully saturated rings. The average Bonchev–Trinajstić information content (AvgIpc) is 2.56. The molecule has 0 bridgehead atoms. The van der Waals surface area contributed by atoms with Gasteiger partial charge in [-0.05, 0) is 74.4 Å². The Bertz CT molecular complexity index is 680. The molecule has 0 spiro atoms. The second-order valence-corrected chi connectivity index (χ2v) is 6.95. The van der Waals surface area contributed by atoms with Crippen LogP contribution in [0.4, 0.5) is 0 Å². The van der Waals surface area contributed by atoms with E-state index in [0.717, 1.165) is 47.1 Å². The van der Waals surface area contributed by atoms with Crippen LogP contribution < -0.4 is 0 Å². The maximum atomic E-state index is 9.93. The summed E-state index contributed by atoms with van der Waals surface area (Å²) in [4.78, 5) is 0. The zero-order valence-corrected chi connectivity index (χ0v) is 15.8. The van der Waals surface area contributed by atoms with Crippen LogP contribution in [-0.4, -0.2) is 23.4 Å². The molecular weight excluding hydrogens is 311 g/mol. The first kappa shape index (κ1) is 19.5. The molecule has 1 aromatic rings. The fraction of sp³-hybridized carbons (Fsp3) is 0.429. The molecule has 4 heteroatoms. The molecule has 134 valence electrons. The highest BCUT2D eigenvalue weighted by molar-refractivity contribution is 6.43. The summed E-state index contributed by atoms with van der Waals surface area (Å²) in [6.07, 6.45) is 7.36. The number of allylic oxidation sites excluding steroid dienone is 2. The highest BCUT2D eigenvalue weighted by atomic mass is 16.5. The van der Waals surface area contributed by atoms with Crippen LogP contribution in [0.2, 0.25) is 6.32 Å². The first-order chi connectivity index (χ1) is 11.8. The highest BCUT2D eigenvalue weighted by Crippen LogP contribution is 2.29. The van der Waals surface area contributed by atoms with Crippen molar-refractivity contribution in [2.45, 2.75) is 59.4 Å². The molecule has 1 aliphatic rings. The third-order valence-electron chi connectivity index (χ3n) is 4.77. The summed E-state index contributed by atoms with van der Waals surface area (Å²) < 4.78 is 5.73. The Hall–Kier alpha value is -1.78. The van der Waals surface area contributed by atoms with Gasteiger partial charge in [-0.25, -0.2) is 0 Å². The Kier molecular flexibility index (Phi) is 6.68. The number of benzene rings is 1. The Balaban J connectivity index is 2.13. The van der Waals surface area contributed by atoms with Crippen molar-refractivity contribution in [1.29, 1.82) is 0 Å². The van der Waals surface area contributed by atoms with Gasteiger partial charge in [0.2, 0.25) is 0 Å². The molecule has 0 radical (unpaired) electrons. The zero-order chi connectivity index (χ0) is 18.6. The van der Waals surface area contributed by atoms with E-state index < -0.39 is 7.12 Å². The summed E-state index contributed by atoms with van der Waals surface area (Å²) in [5.41, 5.74) is 6.35. The molecule has 1 aliphatic heterocycles. The van der Waals surface area contributed by atoms with E-state index in [-0.39, 0.29) is 6.10 Å². The van der Waals surface area contributed by atoms with Crippen LogP contribution in [0.3, 0.4) is 0 Å². The molecule has 1 heterocycles. The number of hydrogen-bond donors (Lipinski definition) is 2. The Morgan fingerprint density at radius 2 is 2.00 bits per heavy atom. The lowest BCUT2D eigenvalue weighted by molar-refractivity contribution is 0.183. The number of rotatable bonds is 6. The zero-order valence-electron chi connectivity index (χ0n) is 15.8. The molecule has 2 N–H and O–H groups in total. The SMILES string of the molecule is C=C(C)C1=CCB(O)OC1CC/C(=C/c1cc(C)c(O)c(C)c1)CC. The topological polar surface area (TPSA) is 49.7 Å². The molecule has 25 heavy (non-hydrogen) atoms. The summed E-state index contributed by atoms with van der Waals surface area (Å²) in [5.74, 6) is 0.371. The first-order valence-corrected chi connectivity index (χ1v) is 9.01. The van der Waals surface area contributed by atoms with Crippen molar-refractivity contribution in [2.75, 3.05) is 0 Å². The molecule has 0 amide bonds. The van der Waals surface area contributed by atoms with Crippen molar-refractivity contribution in [1.82, 2.24) is 0 Å². The minimum Gasteiger partial charge on any atom is -0.507 e. The Morgan fingerprint density at radius 1 is 1.36 bits per heavy atom. The van der Waals surface area contributed by atoms with Crippen LogP contribution in [0.15, 0.2) is 41.5 Å². The lowest BCUT2D eigenvalue weighted by Crippen LogP contribution is -2.31. The van der Waals surface area contributed by atoms with Gasteiger partial charge in [-0.15, -0.1) is 0 Å². The van der Waals surface area contributed by atoms with E-state index in [1.165, 1.54) is 5.57 Å². The van der Waals surface area contributed by atoms with Crippen LogP contribution in [0.25, 0.3) is 6.08 Å². The van der Waals surface area contributed by atoms with Crippen LogP contribution in [0, 0.1) is 13.8 Å². The number of aryl methyl sites for hydroxylation is 2. The second kappa shape index (κ2) is 8.55. The quantitative estimate of drug-likeness (QED) is 0.719. The van der Waals surface area contributed by atoms with Gasteiger partial charge in [0.1, 0.15) is 5.75 Å². The van der Waals surface area contributed by atoms with E-state index in [2.05, 4.69) is 19.6 Å². The molecule has 3 nitrogen and oxygen atoms in total. The van der Waals surface area contributed by atoms with Gasteiger partial charge in [0.25, 0.3) is 0 Å². The van der Waals surface area contributed by atoms with Gasteiger partial charge in [-0.3, -0.25) is 0 Å². The summed E-state index contributed by atoms with van der Waals surface area (Å²) in [6, 6.07) is 4.02. The highest BCUT2D eigenvalue weighted by Gasteiger charge is 2.27. The molecule has 1 atom stereocenters. The van der Waals surface area contributed by atoms with E-state index in [1.807, 2.05) is 39.0 Å². The van der Waals surface area contributed by atoms with Crippen molar-refractivity contribution < 1.29 is 14.8 Å². The maximum Gasteiger partial charge on any atom is 0.458 e. The van der Waals surface area contributed by atoms with E-state index in [9.17, 15) is 10.1 Å². The van der Waals surface area contributed by atoms with Gasteiger partial charge in [-0.2, -0.15) is 0 Å². The van der Waals surface area contributed by atoms with Crippen LogP contribution in [-0.2, 0) is 4.65 Å². The van der Waals surface area contributed by atoms with Gasteiger partial charge >= 0.3 is 7.12 Å². The molecular formula is C21H29BO3. The van der Waals surface area contributed by atoms with Crippen LogP contribution in [0.5, 0.6) is 5.75 Å². The predicted octanol–water partition coefficient (Wildman–Crippen LogP) is 4.96. The number of aromatic hydroxyl groups is 1. The number of phenols is 1. The molecule has 1 aromatic carbocycles. The van der Waals surface area contributed by atoms with Crippen LogP contribution >= 0.6 is 0 Å². The number of phenolic OH excluding ortho intramolecular Hbond substituents is 1. The van der Waals surface area contributed by atoms with Gasteiger partial charge in [0, 0.05) is 6.32 Å². The largest absolute Gasteiger partial charge is 0.507 e. The third-order valence-corrected chi connectivity index (χ3v) is 4.77. The Labute approximate surface area is 151 Å². The van der Waals surface area contributed by atoms with Crippen molar-refractivity contribution in [3.8, 4) is 5.75 Å². The van der Waals surface area contributed by atoms with E-state index >= 15 is 0 Å². The summed E-state index contributed by atoms with van der Waals surface area (Å²) in [7, 11) is -0.718. The van der Waals surface area contributed by atoms with Crippen LogP contribution in [0.1, 0.15) is 49.8 Å². The smallest absolute Gasteiger partial charge is 0.458 e. The normalized spacial score (nSPS) is 18.3. The molecule has 0 saturated heterocycles. The molecule has 2 rings (SSSR count). The third kappa shape index (κ3) is 5.10. The summed E-state index contributed by atoms with van der Waals surface area (Å²) >= 11 is 0. The van der Waals surface area contributed by atoms with E-state index in [0.29, 0.717) is 12.1 Å². The summed E-state index contributed by atoms with van der Waals surface area (Å²) in [6.45, 7) is 12.0. The van der Waals surface area contributed by atoms with Crippen molar-refractivity contribution >= 4 is 13.2 Å². The molecule has 0 aliphatic carbocycles. The van der Waals surface area contributed by atoms with E-state index in [1.54, 1.807) is 0 Å². The number of hydrogen-bond acceptors (Lipinski definition) is 3. The van der Waals surface area contributed by atoms with Crippen molar-refractivity contribution in [2.24, 2.45) is 0 Å². The molecule has 1 unspecified atom stereocenters. The Morgan fingerprint density at radius 3 is 2.56 bits per heavy atom. The second-order valence-electron chi connectivity index (χ2n) is 6.95. The monoisotopic (exact) mass is 340 g/mol. The fourth-order valence-corrected chi connectivity index (χ4v) is 3.33. The predicted molar refractivity (Wildman–Crippen MR) is 106 cm³/mol.